The first-order valence-electron chi connectivity index (χ1n) is 4.90. The van der Waals surface area contributed by atoms with Crippen molar-refractivity contribution in [2.45, 2.75) is 13.8 Å². The van der Waals surface area contributed by atoms with Crippen molar-refractivity contribution in [3.8, 4) is 0 Å². The maximum Gasteiger partial charge on any atom is 0.291 e. The molecule has 0 atom stereocenters. The molecular formula is C10H17N3O2. The molecule has 1 aromatic heterocycles. The molecule has 0 aliphatic rings. The lowest BCUT2D eigenvalue weighted by atomic mass is 10.3. The third-order valence-corrected chi connectivity index (χ3v) is 2.14. The molecular weight excluding hydrogens is 194 g/mol. The SMILES string of the molecule is CNCCN(C)C(=O)c1oc(C)nc1C. The zero-order valence-electron chi connectivity index (χ0n) is 9.63. The van der Waals surface area contributed by atoms with E-state index >= 15 is 0 Å². The molecule has 1 heterocycles. The van der Waals surface area contributed by atoms with E-state index in [9.17, 15) is 4.79 Å². The molecule has 15 heavy (non-hydrogen) atoms. The summed E-state index contributed by atoms with van der Waals surface area (Å²) in [5, 5.41) is 2.98. The maximum atomic E-state index is 11.8. The van der Waals surface area contributed by atoms with E-state index in [-0.39, 0.29) is 5.91 Å². The van der Waals surface area contributed by atoms with Crippen molar-refractivity contribution in [2.75, 3.05) is 27.2 Å². The number of aromatic nitrogens is 1. The van der Waals surface area contributed by atoms with Gasteiger partial charge in [-0.15, -0.1) is 0 Å². The van der Waals surface area contributed by atoms with Crippen LogP contribution in [0.1, 0.15) is 22.1 Å². The number of oxazole rings is 1. The van der Waals surface area contributed by atoms with E-state index < -0.39 is 0 Å². The van der Waals surface area contributed by atoms with Gasteiger partial charge in [-0.05, 0) is 14.0 Å². The number of amides is 1. The second-order valence-corrected chi connectivity index (χ2v) is 3.48. The maximum absolute atomic E-state index is 11.8. The van der Waals surface area contributed by atoms with Crippen molar-refractivity contribution in [1.29, 1.82) is 0 Å². The number of nitrogens with zero attached hydrogens (tertiary/aromatic N) is 2. The number of hydrogen-bond acceptors (Lipinski definition) is 4. The standard InChI is InChI=1S/C10H17N3O2/c1-7-9(15-8(2)12-7)10(14)13(4)6-5-11-3/h11H,5-6H2,1-4H3. The highest BCUT2D eigenvalue weighted by molar-refractivity contribution is 5.92. The Morgan fingerprint density at radius 3 is 2.67 bits per heavy atom. The predicted molar refractivity (Wildman–Crippen MR) is 56.9 cm³/mol. The third-order valence-electron chi connectivity index (χ3n) is 2.14. The van der Waals surface area contributed by atoms with Crippen LogP contribution < -0.4 is 5.32 Å². The molecule has 84 valence electrons. The van der Waals surface area contributed by atoms with Crippen LogP contribution in [0.5, 0.6) is 0 Å². The first-order chi connectivity index (χ1) is 7.06. The molecule has 0 saturated heterocycles. The Kier molecular flexibility index (Phi) is 3.85. The Morgan fingerprint density at radius 1 is 1.53 bits per heavy atom. The summed E-state index contributed by atoms with van der Waals surface area (Å²) in [5.74, 6) is 0.743. The summed E-state index contributed by atoms with van der Waals surface area (Å²) in [6, 6.07) is 0. The molecule has 1 N–H and O–H groups in total. The molecule has 1 aromatic rings. The van der Waals surface area contributed by atoms with Gasteiger partial charge in [-0.2, -0.15) is 0 Å². The molecule has 0 fully saturated rings. The molecule has 0 radical (unpaired) electrons. The van der Waals surface area contributed by atoms with Crippen molar-refractivity contribution in [3.63, 3.8) is 0 Å². The van der Waals surface area contributed by atoms with Gasteiger partial charge in [-0.25, -0.2) is 4.98 Å². The normalized spacial score (nSPS) is 10.4. The Labute approximate surface area is 89.5 Å². The van der Waals surface area contributed by atoms with Gasteiger partial charge in [0, 0.05) is 27.1 Å². The molecule has 0 unspecified atom stereocenters. The molecule has 5 nitrogen and oxygen atoms in total. The van der Waals surface area contributed by atoms with Gasteiger partial charge < -0.3 is 14.6 Å². The van der Waals surface area contributed by atoms with Crippen LogP contribution in [0.3, 0.4) is 0 Å². The second kappa shape index (κ2) is 4.93. The van der Waals surface area contributed by atoms with E-state index in [1.807, 2.05) is 7.05 Å². The van der Waals surface area contributed by atoms with Crippen molar-refractivity contribution < 1.29 is 9.21 Å². The minimum absolute atomic E-state index is 0.122. The van der Waals surface area contributed by atoms with Crippen LogP contribution in [0.2, 0.25) is 0 Å². The Morgan fingerprint density at radius 2 is 2.20 bits per heavy atom. The van der Waals surface area contributed by atoms with Gasteiger partial charge in [0.2, 0.25) is 5.76 Å². The summed E-state index contributed by atoms with van der Waals surface area (Å²) in [7, 11) is 3.60. The van der Waals surface area contributed by atoms with Crippen LogP contribution >= 0.6 is 0 Å². The van der Waals surface area contributed by atoms with Crippen molar-refractivity contribution in [2.24, 2.45) is 0 Å². The third kappa shape index (κ3) is 2.79. The molecule has 0 bridgehead atoms. The lowest BCUT2D eigenvalue weighted by molar-refractivity contribution is 0.0763. The number of nitrogens with one attached hydrogen (secondary N) is 1. The Hall–Kier alpha value is -1.36. The van der Waals surface area contributed by atoms with E-state index in [2.05, 4.69) is 10.3 Å². The van der Waals surface area contributed by atoms with Crippen molar-refractivity contribution >= 4 is 5.91 Å². The monoisotopic (exact) mass is 211 g/mol. The molecule has 5 heteroatoms. The average Bonchev–Trinajstić information content (AvgIpc) is 2.53. The smallest absolute Gasteiger partial charge is 0.291 e. The number of likely N-dealkylation sites (N-methyl/N-ethyl adjacent to an activating group) is 2. The fraction of sp³-hybridized carbons (Fsp3) is 0.600. The van der Waals surface area contributed by atoms with Crippen LogP contribution in [-0.2, 0) is 0 Å². The lowest BCUT2D eigenvalue weighted by Crippen LogP contribution is -2.32. The topological polar surface area (TPSA) is 58.4 Å². The van der Waals surface area contributed by atoms with Gasteiger partial charge in [-0.1, -0.05) is 0 Å². The predicted octanol–water partition coefficient (Wildman–Crippen LogP) is 0.583. The van der Waals surface area contributed by atoms with Gasteiger partial charge in [0.1, 0.15) is 0 Å². The van der Waals surface area contributed by atoms with Crippen LogP contribution in [-0.4, -0.2) is 43.0 Å². The summed E-state index contributed by atoms with van der Waals surface area (Å²) in [5.41, 5.74) is 0.647. The molecule has 1 rings (SSSR count). The van der Waals surface area contributed by atoms with Gasteiger partial charge in [0.15, 0.2) is 5.89 Å². The summed E-state index contributed by atoms with van der Waals surface area (Å²) < 4.78 is 5.25. The molecule has 0 aromatic carbocycles. The van der Waals surface area contributed by atoms with E-state index in [4.69, 9.17) is 4.42 Å². The number of carbonyl (C=O) groups is 1. The highest BCUT2D eigenvalue weighted by Gasteiger charge is 2.19. The highest BCUT2D eigenvalue weighted by Crippen LogP contribution is 2.11. The first-order valence-corrected chi connectivity index (χ1v) is 4.90. The molecule has 1 amide bonds. The first kappa shape index (κ1) is 11.7. The fourth-order valence-corrected chi connectivity index (χ4v) is 1.28. The van der Waals surface area contributed by atoms with E-state index in [1.54, 1.807) is 25.8 Å². The minimum Gasteiger partial charge on any atom is -0.436 e. The molecule has 0 saturated carbocycles. The number of carbonyl (C=O) groups excluding carboxylic acids is 1. The largest absolute Gasteiger partial charge is 0.436 e. The number of hydrogen-bond donors (Lipinski definition) is 1. The minimum atomic E-state index is -0.122. The number of rotatable bonds is 4. The number of aryl methyl sites for hydroxylation is 2. The molecule has 0 aliphatic heterocycles. The van der Waals surface area contributed by atoms with Gasteiger partial charge in [0.25, 0.3) is 5.91 Å². The van der Waals surface area contributed by atoms with Crippen LogP contribution in [0.15, 0.2) is 4.42 Å². The fourth-order valence-electron chi connectivity index (χ4n) is 1.28. The van der Waals surface area contributed by atoms with Gasteiger partial charge in [-0.3, -0.25) is 4.79 Å². The zero-order chi connectivity index (χ0) is 11.4. The van der Waals surface area contributed by atoms with Crippen molar-refractivity contribution in [3.05, 3.63) is 17.3 Å². The highest BCUT2D eigenvalue weighted by atomic mass is 16.4. The van der Waals surface area contributed by atoms with Crippen LogP contribution in [0, 0.1) is 13.8 Å². The second-order valence-electron chi connectivity index (χ2n) is 3.48. The molecule has 0 spiro atoms. The van der Waals surface area contributed by atoms with Crippen LogP contribution in [0.25, 0.3) is 0 Å². The Balaban J connectivity index is 2.71. The summed E-state index contributed by atoms with van der Waals surface area (Å²) in [6.45, 7) is 4.91. The summed E-state index contributed by atoms with van der Waals surface area (Å²) in [6.07, 6.45) is 0. The zero-order valence-corrected chi connectivity index (χ0v) is 9.63. The average molecular weight is 211 g/mol. The summed E-state index contributed by atoms with van der Waals surface area (Å²) >= 11 is 0. The van der Waals surface area contributed by atoms with Crippen molar-refractivity contribution in [1.82, 2.24) is 15.2 Å². The lowest BCUT2D eigenvalue weighted by Gasteiger charge is -2.15. The van der Waals surface area contributed by atoms with E-state index in [1.165, 1.54) is 0 Å². The molecule has 0 aliphatic carbocycles. The van der Waals surface area contributed by atoms with Gasteiger partial charge in [0.05, 0.1) is 5.69 Å². The summed E-state index contributed by atoms with van der Waals surface area (Å²) in [4.78, 5) is 17.5. The van der Waals surface area contributed by atoms with E-state index in [0.29, 0.717) is 23.9 Å². The van der Waals surface area contributed by atoms with Gasteiger partial charge >= 0.3 is 0 Å². The van der Waals surface area contributed by atoms with E-state index in [0.717, 1.165) is 6.54 Å². The van der Waals surface area contributed by atoms with Crippen LogP contribution in [0.4, 0.5) is 0 Å². The Bertz CT molecular complexity index is 346. The quantitative estimate of drug-likeness (QED) is 0.791.